The Bertz CT molecular complexity index is 1650. The van der Waals surface area contributed by atoms with Crippen LogP contribution in [0.1, 0.15) is 191 Å². The number of carboxylic acids is 1. The van der Waals surface area contributed by atoms with Gasteiger partial charge in [0.15, 0.2) is 0 Å². The van der Waals surface area contributed by atoms with Crippen molar-refractivity contribution < 1.29 is 24.6 Å². The molecule has 0 saturated heterocycles. The van der Waals surface area contributed by atoms with E-state index in [4.69, 9.17) is 0 Å². The van der Waals surface area contributed by atoms with Crippen molar-refractivity contribution in [2.75, 3.05) is 0 Å². The first-order chi connectivity index (χ1) is 25.5. The number of carbonyl (C=O) groups excluding carboxylic acids is 2. The predicted octanol–water partition coefficient (Wildman–Crippen LogP) is 11.8. The summed E-state index contributed by atoms with van der Waals surface area (Å²) < 4.78 is 0. The third-order valence-electron chi connectivity index (χ3n) is 21.6. The molecule has 2 N–H and O–H groups in total. The second-order valence-electron chi connectivity index (χ2n) is 24.4. The summed E-state index contributed by atoms with van der Waals surface area (Å²) in [5.74, 6) is 2.02. The average molecular weight is 759 g/mol. The molecule has 0 radical (unpaired) electrons. The van der Waals surface area contributed by atoms with Gasteiger partial charge in [0.2, 0.25) is 0 Å². The molecule has 8 rings (SSSR count). The Labute approximate surface area is 334 Å². The van der Waals surface area contributed by atoms with Crippen molar-refractivity contribution in [3.05, 3.63) is 11.6 Å². The van der Waals surface area contributed by atoms with E-state index in [1.54, 1.807) is 0 Å². The fraction of sp³-hybridized carbons (Fsp3) is 0.900. The van der Waals surface area contributed by atoms with Crippen LogP contribution in [0.4, 0.5) is 0 Å². The number of rotatable bonds is 8. The highest BCUT2D eigenvalue weighted by Crippen LogP contribution is 2.89. The maximum Gasteiger partial charge on any atom is 0.310 e. The maximum atomic E-state index is 14.7. The van der Waals surface area contributed by atoms with Crippen LogP contribution < -0.4 is 0 Å². The second-order valence-corrected chi connectivity index (χ2v) is 24.4. The van der Waals surface area contributed by atoms with E-state index in [0.717, 1.165) is 38.5 Å². The number of carboxylic acid groups (broad SMARTS) is 1. The molecule has 8 aliphatic carbocycles. The molecule has 14 atom stereocenters. The Morgan fingerprint density at radius 1 is 0.800 bits per heavy atom. The van der Waals surface area contributed by atoms with Gasteiger partial charge >= 0.3 is 5.97 Å². The molecule has 8 aliphatic rings. The highest BCUT2D eigenvalue weighted by atomic mass is 16.4. The molecule has 0 unspecified atom stereocenters. The van der Waals surface area contributed by atoms with Gasteiger partial charge in [-0.3, -0.25) is 14.4 Å². The minimum atomic E-state index is -1.08. The van der Waals surface area contributed by atoms with E-state index in [9.17, 15) is 24.6 Å². The zero-order valence-corrected chi connectivity index (χ0v) is 36.7. The molecule has 2 spiro atoms. The third kappa shape index (κ3) is 5.40. The van der Waals surface area contributed by atoms with E-state index in [2.05, 4.69) is 68.4 Å². The van der Waals surface area contributed by atoms with Crippen LogP contribution in [-0.2, 0) is 14.4 Å². The zero-order chi connectivity index (χ0) is 40.0. The molecule has 308 valence electrons. The molecule has 0 amide bonds. The highest BCUT2D eigenvalue weighted by molar-refractivity contribution is 5.89. The third-order valence-corrected chi connectivity index (χ3v) is 21.6. The van der Waals surface area contributed by atoms with Crippen molar-refractivity contribution in [3.63, 3.8) is 0 Å². The number of hydrogen-bond acceptors (Lipinski definition) is 4. The summed E-state index contributed by atoms with van der Waals surface area (Å²) in [6.07, 6.45) is 21.4. The smallest absolute Gasteiger partial charge is 0.310 e. The molecule has 0 aromatic rings. The van der Waals surface area contributed by atoms with Gasteiger partial charge < -0.3 is 10.2 Å². The molecule has 0 aromatic heterocycles. The molecular formula is C50H78O5. The van der Waals surface area contributed by atoms with Gasteiger partial charge in [-0.2, -0.15) is 0 Å². The highest BCUT2D eigenvalue weighted by Gasteiger charge is 2.82. The summed E-state index contributed by atoms with van der Waals surface area (Å²) in [6, 6.07) is 0. The lowest BCUT2D eigenvalue weighted by molar-refractivity contribution is -0.169. The molecule has 55 heavy (non-hydrogen) atoms. The molecule has 5 nitrogen and oxygen atoms in total. The number of fused-ring (bicyclic) bond motifs is 3. The van der Waals surface area contributed by atoms with Crippen molar-refractivity contribution in [1.82, 2.24) is 0 Å². The van der Waals surface area contributed by atoms with Crippen LogP contribution in [0.25, 0.3) is 0 Å². The van der Waals surface area contributed by atoms with Gasteiger partial charge in [0, 0.05) is 24.2 Å². The van der Waals surface area contributed by atoms with E-state index < -0.39 is 22.9 Å². The summed E-state index contributed by atoms with van der Waals surface area (Å²) in [4.78, 5) is 40.8. The minimum Gasteiger partial charge on any atom is -0.481 e. The first kappa shape index (κ1) is 40.3. The number of Topliss-reactive ketones (excluding diaryl/α,β-unsaturated/α-hetero) is 2. The normalized spacial score (nSPS) is 51.3. The summed E-state index contributed by atoms with van der Waals surface area (Å²) >= 11 is 0. The van der Waals surface area contributed by atoms with E-state index in [1.165, 1.54) is 69.8 Å². The van der Waals surface area contributed by atoms with Gasteiger partial charge in [-0.25, -0.2) is 0 Å². The quantitative estimate of drug-likeness (QED) is 0.241. The molecule has 0 aromatic carbocycles. The second kappa shape index (κ2) is 12.5. The standard InChI is InChI=1S/C50H78O5/c1-31(33-17-23-47(9)39-15-14-37-43(4,5)40(52)19-25-49(37)30-50(39,49)27-26-46(33,47)8)28-35(51)34-29-32(16-22-44(34,6)41(53)54)12-13-38-45(7)21-11-20-42(2,3)36(45)18-24-48(38,10)55/h16,31,33-34,36-39,55H,11-15,17-30H2,1-10H3,(H,53,54)/t31-,33-,34-,36+,37+,38-,39+,44+,45+,46-,47+,48-,49-,50+/m1/s1. The lowest BCUT2D eigenvalue weighted by Gasteiger charge is -2.62. The van der Waals surface area contributed by atoms with E-state index >= 15 is 0 Å². The molecule has 7 fully saturated rings. The molecular weight excluding hydrogens is 681 g/mol. The predicted molar refractivity (Wildman–Crippen MR) is 219 cm³/mol. The fourth-order valence-corrected chi connectivity index (χ4v) is 18.3. The van der Waals surface area contributed by atoms with Gasteiger partial charge in [-0.1, -0.05) is 73.5 Å². The van der Waals surface area contributed by atoms with Gasteiger partial charge in [0.25, 0.3) is 0 Å². The van der Waals surface area contributed by atoms with Gasteiger partial charge in [0.1, 0.15) is 11.6 Å². The summed E-state index contributed by atoms with van der Waals surface area (Å²) in [7, 11) is 0. The zero-order valence-electron chi connectivity index (χ0n) is 36.7. The Hall–Kier alpha value is -1.49. The lowest BCUT2D eigenvalue weighted by Crippen LogP contribution is -2.57. The minimum absolute atomic E-state index is 0.0923. The average Bonchev–Trinajstić information content (AvgIpc) is 3.67. The summed E-state index contributed by atoms with van der Waals surface area (Å²) in [5, 5.41) is 22.5. The number of allylic oxidation sites excluding steroid dienone is 2. The summed E-state index contributed by atoms with van der Waals surface area (Å²) in [5.41, 5.74) is 0.817. The van der Waals surface area contributed by atoms with Crippen LogP contribution in [0.15, 0.2) is 11.6 Å². The number of hydrogen-bond donors (Lipinski definition) is 2. The molecule has 5 heteroatoms. The van der Waals surface area contributed by atoms with Crippen LogP contribution in [0, 0.1) is 84.7 Å². The van der Waals surface area contributed by atoms with Crippen molar-refractivity contribution in [2.24, 2.45) is 84.7 Å². The van der Waals surface area contributed by atoms with E-state index in [-0.39, 0.29) is 44.7 Å². The largest absolute Gasteiger partial charge is 0.481 e. The Balaban J connectivity index is 0.969. The lowest BCUT2D eigenvalue weighted by atomic mass is 9.42. The Morgan fingerprint density at radius 2 is 1.49 bits per heavy atom. The number of aliphatic carboxylic acids is 1. The fourth-order valence-electron chi connectivity index (χ4n) is 18.3. The molecule has 0 aliphatic heterocycles. The van der Waals surface area contributed by atoms with E-state index in [1.807, 2.05) is 6.92 Å². The SMILES string of the molecule is C[C@H](CC(=O)[C@H]1CC(CC[C@@H]2[C@@]3(C)CCCC(C)(C)[C@@H]3CC[C@@]2(C)O)=CC[C@]1(C)C(=O)O)[C@H]1CC[C@@]2(C)[C@@H]3CC[C@H]4C(C)(C)C(=O)CC[C@@]45C[C@@]35CC[C@]12C. The van der Waals surface area contributed by atoms with Crippen LogP contribution in [0.2, 0.25) is 0 Å². The first-order valence-electron chi connectivity index (χ1n) is 23.2. The molecule has 0 heterocycles. The van der Waals surface area contributed by atoms with E-state index in [0.29, 0.717) is 59.5 Å². The first-order valence-corrected chi connectivity index (χ1v) is 23.2. The Kier molecular flexibility index (Phi) is 9.17. The molecule has 0 bridgehead atoms. The number of ketones is 2. The van der Waals surface area contributed by atoms with Crippen molar-refractivity contribution >= 4 is 17.5 Å². The van der Waals surface area contributed by atoms with Crippen LogP contribution >= 0.6 is 0 Å². The maximum absolute atomic E-state index is 14.7. The van der Waals surface area contributed by atoms with Crippen molar-refractivity contribution in [1.29, 1.82) is 0 Å². The number of carbonyl (C=O) groups is 3. The topological polar surface area (TPSA) is 91.7 Å². The van der Waals surface area contributed by atoms with Crippen molar-refractivity contribution in [3.8, 4) is 0 Å². The Morgan fingerprint density at radius 3 is 2.20 bits per heavy atom. The van der Waals surface area contributed by atoms with Crippen LogP contribution in [0.5, 0.6) is 0 Å². The van der Waals surface area contributed by atoms with Crippen LogP contribution in [0.3, 0.4) is 0 Å². The van der Waals surface area contributed by atoms with Gasteiger partial charge in [0.05, 0.1) is 11.0 Å². The number of aliphatic hydroxyl groups is 1. The van der Waals surface area contributed by atoms with Crippen LogP contribution in [-0.4, -0.2) is 33.3 Å². The molecule has 7 saturated carbocycles. The van der Waals surface area contributed by atoms with Gasteiger partial charge in [-0.15, -0.1) is 0 Å². The van der Waals surface area contributed by atoms with Gasteiger partial charge in [-0.05, 0) is 185 Å². The van der Waals surface area contributed by atoms with Crippen molar-refractivity contribution in [2.45, 2.75) is 197 Å². The monoisotopic (exact) mass is 759 g/mol. The summed E-state index contributed by atoms with van der Waals surface area (Å²) in [6.45, 7) is 23.2.